The minimum absolute atomic E-state index is 0.858. The Morgan fingerprint density at radius 2 is 0.571 bits per heavy atom. The van der Waals surface area contributed by atoms with Gasteiger partial charge in [-0.25, -0.2) is 9.97 Å². The van der Waals surface area contributed by atoms with Crippen molar-refractivity contribution >= 4 is 109 Å². The molecule has 4 nitrogen and oxygen atoms in total. The van der Waals surface area contributed by atoms with E-state index in [4.69, 9.17) is 9.97 Å². The maximum atomic E-state index is 5.54. The molecule has 10 aromatic carbocycles. The number of para-hydroxylation sites is 4. The molecule has 13 aromatic rings. The van der Waals surface area contributed by atoms with E-state index in [0.29, 0.717) is 0 Å². The SMILES string of the molecule is c1ccc2nc3c(-n4c5ccccc5c5c6ccccc6c6ccccc6c54)ccc(-n4c5ccccc5c5c6ccccc6c6ccccc6c54)c3nc2c1. The smallest absolute Gasteiger partial charge is 0.116 e. The Bertz CT molecular complexity index is 3580. The molecule has 0 fully saturated rings. The van der Waals surface area contributed by atoms with Crippen LogP contribution < -0.4 is 0 Å². The highest BCUT2D eigenvalue weighted by atomic mass is 15.0. The Morgan fingerprint density at radius 1 is 0.268 bits per heavy atom. The van der Waals surface area contributed by atoms with Crippen LogP contribution in [-0.2, 0) is 0 Å². The Hall–Kier alpha value is -7.56. The highest BCUT2D eigenvalue weighted by Crippen LogP contribution is 2.46. The van der Waals surface area contributed by atoms with Gasteiger partial charge in [-0.05, 0) is 68.7 Å². The van der Waals surface area contributed by atoms with Gasteiger partial charge in [0.15, 0.2) is 0 Å². The number of fused-ring (bicyclic) bond motifs is 18. The molecular weight excluding hydrogens is 681 g/mol. The number of benzene rings is 10. The number of aromatic nitrogens is 4. The molecule has 13 rings (SSSR count). The van der Waals surface area contributed by atoms with Crippen LogP contribution in [-0.4, -0.2) is 19.1 Å². The molecule has 0 spiro atoms. The second-order valence-electron chi connectivity index (χ2n) is 14.8. The summed E-state index contributed by atoms with van der Waals surface area (Å²) in [6, 6.07) is 65.7. The predicted molar refractivity (Wildman–Crippen MR) is 236 cm³/mol. The lowest BCUT2D eigenvalue weighted by Gasteiger charge is -2.17. The van der Waals surface area contributed by atoms with Crippen LogP contribution in [0.5, 0.6) is 0 Å². The topological polar surface area (TPSA) is 35.6 Å². The van der Waals surface area contributed by atoms with E-state index in [1.165, 1.54) is 75.7 Å². The highest BCUT2D eigenvalue weighted by molar-refractivity contribution is 6.34. The second-order valence-corrected chi connectivity index (χ2v) is 14.8. The summed E-state index contributed by atoms with van der Waals surface area (Å²) in [5.41, 5.74) is 10.1. The van der Waals surface area contributed by atoms with Crippen molar-refractivity contribution in [2.45, 2.75) is 0 Å². The predicted octanol–water partition coefficient (Wildman–Crippen LogP) is 13.6. The van der Waals surface area contributed by atoms with Gasteiger partial charge in [-0.2, -0.15) is 0 Å². The lowest BCUT2D eigenvalue weighted by molar-refractivity contribution is 1.15. The first kappa shape index (κ1) is 29.8. The quantitative estimate of drug-likeness (QED) is 0.132. The minimum Gasteiger partial charge on any atom is -0.306 e. The first-order valence-corrected chi connectivity index (χ1v) is 19.2. The molecule has 0 aliphatic rings. The fourth-order valence-electron chi connectivity index (χ4n) is 9.79. The van der Waals surface area contributed by atoms with Gasteiger partial charge < -0.3 is 9.13 Å². The largest absolute Gasteiger partial charge is 0.306 e. The fraction of sp³-hybridized carbons (Fsp3) is 0. The third-order valence-corrected chi connectivity index (χ3v) is 12.0. The second kappa shape index (κ2) is 11.0. The monoisotopic (exact) mass is 710 g/mol. The molecule has 0 atom stereocenters. The molecule has 0 radical (unpaired) electrons. The normalized spacial score (nSPS) is 12.3. The van der Waals surface area contributed by atoms with E-state index in [0.717, 1.165) is 44.5 Å². The van der Waals surface area contributed by atoms with Gasteiger partial charge in [-0.15, -0.1) is 0 Å². The summed E-state index contributed by atoms with van der Waals surface area (Å²) in [4.78, 5) is 11.1. The summed E-state index contributed by atoms with van der Waals surface area (Å²) in [5, 5.41) is 14.9. The molecule has 0 unspecified atom stereocenters. The molecule has 0 amide bonds. The molecule has 4 heteroatoms. The highest BCUT2D eigenvalue weighted by Gasteiger charge is 2.24. The molecule has 0 aliphatic carbocycles. The Balaban J connectivity index is 1.25. The van der Waals surface area contributed by atoms with Gasteiger partial charge in [0.2, 0.25) is 0 Å². The summed E-state index contributed by atoms with van der Waals surface area (Å²) in [7, 11) is 0. The number of nitrogens with zero attached hydrogens (tertiary/aromatic N) is 4. The maximum absolute atomic E-state index is 5.54. The standard InChI is InChI=1S/C52H30N4/c1-5-19-35-31(15-1)33-17-3-7-21-37(33)51-47(35)39-23-9-13-27-43(39)55(51)45-29-30-46(50-49(45)53-41-25-11-12-26-42(41)54-50)56-44-28-14-10-24-40(44)48-36-20-6-2-16-32(36)34-18-4-8-22-38(34)52(48)56/h1-30H. The molecule has 0 aliphatic heterocycles. The first-order chi connectivity index (χ1) is 27.8. The molecule has 3 aromatic heterocycles. The first-order valence-electron chi connectivity index (χ1n) is 19.2. The van der Waals surface area contributed by atoms with Gasteiger partial charge in [-0.1, -0.05) is 146 Å². The zero-order valence-corrected chi connectivity index (χ0v) is 30.1. The average molecular weight is 711 g/mol. The summed E-state index contributed by atoms with van der Waals surface area (Å²) in [5.74, 6) is 0. The van der Waals surface area contributed by atoms with Gasteiger partial charge >= 0.3 is 0 Å². The maximum Gasteiger partial charge on any atom is 0.116 e. The van der Waals surface area contributed by atoms with Gasteiger partial charge in [0.05, 0.1) is 44.5 Å². The molecule has 56 heavy (non-hydrogen) atoms. The van der Waals surface area contributed by atoms with E-state index in [9.17, 15) is 0 Å². The summed E-state index contributed by atoms with van der Waals surface area (Å²) >= 11 is 0. The van der Waals surface area contributed by atoms with Crippen molar-refractivity contribution in [2.75, 3.05) is 0 Å². The van der Waals surface area contributed by atoms with Crippen molar-refractivity contribution in [1.82, 2.24) is 19.1 Å². The van der Waals surface area contributed by atoms with E-state index < -0.39 is 0 Å². The van der Waals surface area contributed by atoms with Gasteiger partial charge in [0.25, 0.3) is 0 Å². The van der Waals surface area contributed by atoms with E-state index in [1.807, 2.05) is 0 Å². The van der Waals surface area contributed by atoms with Gasteiger partial charge in [0, 0.05) is 32.3 Å². The lowest BCUT2D eigenvalue weighted by atomic mass is 9.97. The molecule has 3 heterocycles. The van der Waals surface area contributed by atoms with Crippen molar-refractivity contribution in [1.29, 1.82) is 0 Å². The number of hydrogen-bond acceptors (Lipinski definition) is 2. The van der Waals surface area contributed by atoms with E-state index in [2.05, 4.69) is 191 Å². The van der Waals surface area contributed by atoms with Crippen molar-refractivity contribution < 1.29 is 0 Å². The van der Waals surface area contributed by atoms with Crippen molar-refractivity contribution in [2.24, 2.45) is 0 Å². The van der Waals surface area contributed by atoms with Crippen LogP contribution in [0.1, 0.15) is 0 Å². The Morgan fingerprint density at radius 3 is 0.982 bits per heavy atom. The summed E-state index contributed by atoms with van der Waals surface area (Å²) in [6.45, 7) is 0. The van der Waals surface area contributed by atoms with Crippen LogP contribution in [0, 0.1) is 0 Å². The average Bonchev–Trinajstić information content (AvgIpc) is 3.80. The van der Waals surface area contributed by atoms with Crippen LogP contribution >= 0.6 is 0 Å². The molecule has 0 bridgehead atoms. The van der Waals surface area contributed by atoms with Gasteiger partial charge in [-0.3, -0.25) is 0 Å². The van der Waals surface area contributed by atoms with Crippen molar-refractivity contribution in [3.63, 3.8) is 0 Å². The lowest BCUT2D eigenvalue weighted by Crippen LogP contribution is -2.04. The minimum atomic E-state index is 0.858. The molecule has 0 N–H and O–H groups in total. The summed E-state index contributed by atoms with van der Waals surface area (Å²) in [6.07, 6.45) is 0. The zero-order valence-electron chi connectivity index (χ0n) is 30.1. The van der Waals surface area contributed by atoms with Crippen molar-refractivity contribution in [3.05, 3.63) is 182 Å². The molecular formula is C52H30N4. The zero-order chi connectivity index (χ0) is 36.5. The fourth-order valence-corrected chi connectivity index (χ4v) is 9.79. The van der Waals surface area contributed by atoms with E-state index >= 15 is 0 Å². The number of rotatable bonds is 2. The Labute approximate surface area is 320 Å². The van der Waals surface area contributed by atoms with Crippen LogP contribution in [0.15, 0.2) is 182 Å². The van der Waals surface area contributed by atoms with Crippen LogP contribution in [0.4, 0.5) is 0 Å². The van der Waals surface area contributed by atoms with E-state index in [-0.39, 0.29) is 0 Å². The molecule has 0 saturated heterocycles. The third-order valence-electron chi connectivity index (χ3n) is 12.0. The van der Waals surface area contributed by atoms with Crippen molar-refractivity contribution in [3.8, 4) is 11.4 Å². The van der Waals surface area contributed by atoms with Crippen LogP contribution in [0.3, 0.4) is 0 Å². The molecule has 258 valence electrons. The van der Waals surface area contributed by atoms with Gasteiger partial charge in [0.1, 0.15) is 11.0 Å². The van der Waals surface area contributed by atoms with E-state index in [1.54, 1.807) is 0 Å². The van der Waals surface area contributed by atoms with Crippen LogP contribution in [0.25, 0.3) is 120 Å². The third kappa shape index (κ3) is 3.82. The van der Waals surface area contributed by atoms with Crippen LogP contribution in [0.2, 0.25) is 0 Å². The summed E-state index contributed by atoms with van der Waals surface area (Å²) < 4.78 is 4.90. The number of hydrogen-bond donors (Lipinski definition) is 0. The Kier molecular flexibility index (Phi) is 5.86. The molecule has 0 saturated carbocycles.